The molecule has 1 heterocycles. The van der Waals surface area contributed by atoms with Crippen molar-refractivity contribution in [1.29, 1.82) is 0 Å². The Bertz CT molecular complexity index is 511. The fourth-order valence-electron chi connectivity index (χ4n) is 2.58. The number of rotatable bonds is 5. The van der Waals surface area contributed by atoms with E-state index in [0.717, 1.165) is 32.2 Å². The molecule has 5 nitrogen and oxygen atoms in total. The molecular formula is C14H20Cl2FN3O2. The monoisotopic (exact) mass is 351 g/mol. The third-order valence-corrected chi connectivity index (χ3v) is 3.53. The van der Waals surface area contributed by atoms with Crippen molar-refractivity contribution in [3.05, 3.63) is 52.3 Å². The number of benzene rings is 1. The van der Waals surface area contributed by atoms with Crippen molar-refractivity contribution in [3.63, 3.8) is 0 Å². The molecule has 124 valence electrons. The zero-order chi connectivity index (χ0) is 14.5. The number of nitrogens with one attached hydrogen (secondary N) is 1. The van der Waals surface area contributed by atoms with Gasteiger partial charge in [0, 0.05) is 37.8 Å². The van der Waals surface area contributed by atoms with Crippen LogP contribution in [0, 0.1) is 15.9 Å². The standard InChI is InChI=1S/C14H18FN3O2.2ClH/c1-2-3-13(17-8-6-16-7-9-17)12-5-4-11(15)10-14(12)18(19)20;;/h2,4-5,10,13,16H,1,3,6-9H2;2*1H/t13-;;/m1../s1. The molecule has 1 aromatic carbocycles. The average Bonchev–Trinajstić information content (AvgIpc) is 2.46. The van der Waals surface area contributed by atoms with E-state index < -0.39 is 10.7 Å². The smallest absolute Gasteiger partial charge is 0.277 e. The predicted octanol–water partition coefficient (Wildman–Crippen LogP) is 3.10. The molecule has 8 heteroatoms. The fourth-order valence-corrected chi connectivity index (χ4v) is 2.58. The lowest BCUT2D eigenvalue weighted by molar-refractivity contribution is -0.386. The van der Waals surface area contributed by atoms with Crippen LogP contribution in [0.3, 0.4) is 0 Å². The van der Waals surface area contributed by atoms with Crippen LogP contribution in [-0.2, 0) is 0 Å². The van der Waals surface area contributed by atoms with Crippen molar-refractivity contribution in [1.82, 2.24) is 10.2 Å². The minimum Gasteiger partial charge on any atom is -0.314 e. The molecule has 1 aromatic rings. The molecule has 0 saturated carbocycles. The largest absolute Gasteiger partial charge is 0.314 e. The zero-order valence-electron chi connectivity index (χ0n) is 12.0. The molecular weight excluding hydrogens is 332 g/mol. The molecule has 1 saturated heterocycles. The summed E-state index contributed by atoms with van der Waals surface area (Å²) < 4.78 is 13.3. The van der Waals surface area contributed by atoms with Gasteiger partial charge in [-0.1, -0.05) is 6.08 Å². The van der Waals surface area contributed by atoms with Crippen molar-refractivity contribution < 1.29 is 9.31 Å². The van der Waals surface area contributed by atoms with Gasteiger partial charge < -0.3 is 5.32 Å². The van der Waals surface area contributed by atoms with Crippen LogP contribution in [0.5, 0.6) is 0 Å². The van der Waals surface area contributed by atoms with Crippen molar-refractivity contribution in [3.8, 4) is 0 Å². The highest BCUT2D eigenvalue weighted by molar-refractivity contribution is 5.85. The van der Waals surface area contributed by atoms with Crippen LogP contribution in [0.4, 0.5) is 10.1 Å². The summed E-state index contributed by atoms with van der Waals surface area (Å²) in [7, 11) is 0. The minimum absolute atomic E-state index is 0. The first-order valence-electron chi connectivity index (χ1n) is 6.63. The first kappa shape index (κ1) is 20.8. The van der Waals surface area contributed by atoms with Gasteiger partial charge >= 0.3 is 0 Å². The number of piperazine rings is 1. The molecule has 1 N–H and O–H groups in total. The summed E-state index contributed by atoms with van der Waals surface area (Å²) in [5.41, 5.74) is 0.397. The van der Waals surface area contributed by atoms with Crippen molar-refractivity contribution in [2.75, 3.05) is 26.2 Å². The molecule has 1 fully saturated rings. The third kappa shape index (κ3) is 4.91. The van der Waals surface area contributed by atoms with Crippen LogP contribution < -0.4 is 5.32 Å². The number of nitrogens with zero attached hydrogens (tertiary/aromatic N) is 2. The highest BCUT2D eigenvalue weighted by Gasteiger charge is 2.27. The number of nitro groups is 1. The Hall–Kier alpha value is -1.21. The van der Waals surface area contributed by atoms with Crippen LogP contribution >= 0.6 is 24.8 Å². The summed E-state index contributed by atoms with van der Waals surface area (Å²) in [5.74, 6) is -0.585. The van der Waals surface area contributed by atoms with Crippen LogP contribution in [0.15, 0.2) is 30.9 Å². The zero-order valence-corrected chi connectivity index (χ0v) is 13.7. The van der Waals surface area contributed by atoms with E-state index in [0.29, 0.717) is 12.0 Å². The van der Waals surface area contributed by atoms with Gasteiger partial charge in [0.15, 0.2) is 0 Å². The SMILES string of the molecule is C=CC[C@H](c1ccc(F)cc1[N+](=O)[O-])N1CCNCC1.Cl.Cl. The first-order chi connectivity index (χ1) is 9.63. The lowest BCUT2D eigenvalue weighted by atomic mass is 9.99. The number of hydrogen-bond donors (Lipinski definition) is 1. The molecule has 0 aromatic heterocycles. The maximum absolute atomic E-state index is 13.3. The quantitative estimate of drug-likeness (QED) is 0.503. The van der Waals surface area contributed by atoms with E-state index >= 15 is 0 Å². The van der Waals surface area contributed by atoms with Crippen molar-refractivity contribution in [2.45, 2.75) is 12.5 Å². The lowest BCUT2D eigenvalue weighted by Gasteiger charge is -2.34. The highest BCUT2D eigenvalue weighted by atomic mass is 35.5. The predicted molar refractivity (Wildman–Crippen MR) is 89.5 cm³/mol. The Morgan fingerprint density at radius 3 is 2.59 bits per heavy atom. The summed E-state index contributed by atoms with van der Waals surface area (Å²) in [6, 6.07) is 3.66. The molecule has 0 aliphatic carbocycles. The van der Waals surface area contributed by atoms with Crippen LogP contribution in [0.25, 0.3) is 0 Å². The van der Waals surface area contributed by atoms with E-state index in [1.54, 1.807) is 6.08 Å². The molecule has 22 heavy (non-hydrogen) atoms. The lowest BCUT2D eigenvalue weighted by Crippen LogP contribution is -2.45. The molecule has 0 spiro atoms. The molecule has 1 aliphatic heterocycles. The minimum atomic E-state index is -0.585. The van der Waals surface area contributed by atoms with E-state index in [4.69, 9.17) is 0 Å². The summed E-state index contributed by atoms with van der Waals surface area (Å²) in [4.78, 5) is 12.8. The van der Waals surface area contributed by atoms with Gasteiger partial charge in [-0.05, 0) is 18.6 Å². The first-order valence-corrected chi connectivity index (χ1v) is 6.63. The Kier molecular flexibility index (Phi) is 9.20. The van der Waals surface area contributed by atoms with E-state index in [1.807, 2.05) is 0 Å². The van der Waals surface area contributed by atoms with Crippen molar-refractivity contribution in [2.24, 2.45) is 0 Å². The van der Waals surface area contributed by atoms with Gasteiger partial charge in [-0.3, -0.25) is 15.0 Å². The van der Waals surface area contributed by atoms with Gasteiger partial charge in [0.1, 0.15) is 5.82 Å². The number of nitro benzene ring substituents is 1. The molecule has 0 unspecified atom stereocenters. The van der Waals surface area contributed by atoms with Gasteiger partial charge in [-0.15, -0.1) is 31.4 Å². The molecule has 0 amide bonds. The van der Waals surface area contributed by atoms with Crippen molar-refractivity contribution >= 4 is 30.5 Å². The second-order valence-corrected chi connectivity index (χ2v) is 4.79. The third-order valence-electron chi connectivity index (χ3n) is 3.53. The Morgan fingerprint density at radius 2 is 2.05 bits per heavy atom. The van der Waals surface area contributed by atoms with E-state index in [-0.39, 0.29) is 36.5 Å². The molecule has 0 radical (unpaired) electrons. The second-order valence-electron chi connectivity index (χ2n) is 4.79. The van der Waals surface area contributed by atoms with Gasteiger partial charge in [0.25, 0.3) is 5.69 Å². The van der Waals surface area contributed by atoms with Gasteiger partial charge in [0.2, 0.25) is 0 Å². The molecule has 1 aliphatic rings. The Labute approximate surface area is 141 Å². The summed E-state index contributed by atoms with van der Waals surface area (Å²) >= 11 is 0. The molecule has 1 atom stereocenters. The highest BCUT2D eigenvalue weighted by Crippen LogP contribution is 2.32. The van der Waals surface area contributed by atoms with E-state index in [2.05, 4.69) is 16.8 Å². The molecule has 2 rings (SSSR count). The summed E-state index contributed by atoms with van der Waals surface area (Å²) in [5, 5.41) is 14.4. The van der Waals surface area contributed by atoms with Gasteiger partial charge in [0.05, 0.1) is 11.0 Å². The Morgan fingerprint density at radius 1 is 1.41 bits per heavy atom. The number of hydrogen-bond acceptors (Lipinski definition) is 4. The van der Waals surface area contributed by atoms with E-state index in [9.17, 15) is 14.5 Å². The molecule has 0 bridgehead atoms. The fraction of sp³-hybridized carbons (Fsp3) is 0.429. The van der Waals surface area contributed by atoms with E-state index in [1.165, 1.54) is 12.1 Å². The van der Waals surface area contributed by atoms with Crippen LogP contribution in [-0.4, -0.2) is 36.0 Å². The van der Waals surface area contributed by atoms with Crippen LogP contribution in [0.2, 0.25) is 0 Å². The van der Waals surface area contributed by atoms with Gasteiger partial charge in [-0.2, -0.15) is 0 Å². The maximum atomic E-state index is 13.3. The summed E-state index contributed by atoms with van der Waals surface area (Å²) in [6.45, 7) is 7.05. The Balaban J connectivity index is 0.00000220. The van der Waals surface area contributed by atoms with Crippen LogP contribution in [0.1, 0.15) is 18.0 Å². The maximum Gasteiger partial charge on any atom is 0.277 e. The van der Waals surface area contributed by atoms with Gasteiger partial charge in [-0.25, -0.2) is 4.39 Å². The summed E-state index contributed by atoms with van der Waals surface area (Å²) in [6.07, 6.45) is 2.35. The average molecular weight is 352 g/mol. The number of halogens is 3. The second kappa shape index (κ2) is 9.74. The topological polar surface area (TPSA) is 58.4 Å². The normalized spacial score (nSPS) is 16.0.